The lowest BCUT2D eigenvalue weighted by Gasteiger charge is -2.09. The maximum Gasteiger partial charge on any atom is 0.0556 e. The first-order chi connectivity index (χ1) is 5.34. The summed E-state index contributed by atoms with van der Waals surface area (Å²) in [6.45, 7) is 2.97. The third-order valence-corrected chi connectivity index (χ3v) is 2.59. The lowest BCUT2D eigenvalue weighted by atomic mass is 10.3. The molecule has 0 aliphatic carbocycles. The van der Waals surface area contributed by atoms with E-state index in [1.54, 1.807) is 11.3 Å². The van der Waals surface area contributed by atoms with Gasteiger partial charge in [0, 0.05) is 17.5 Å². The van der Waals surface area contributed by atoms with Crippen molar-refractivity contribution < 1.29 is 5.11 Å². The van der Waals surface area contributed by atoms with E-state index in [1.807, 2.05) is 6.07 Å². The van der Waals surface area contributed by atoms with Crippen LogP contribution in [0.1, 0.15) is 17.8 Å². The number of rotatable bonds is 4. The minimum atomic E-state index is 0.204. The van der Waals surface area contributed by atoms with Crippen molar-refractivity contribution in [2.45, 2.75) is 13.0 Å². The molecule has 0 aliphatic heterocycles. The Balaban J connectivity index is 2.36. The Kier molecular flexibility index (Phi) is 3.56. The molecular weight excluding hydrogens is 158 g/mol. The normalized spacial score (nSPS) is 13.3. The molecule has 1 rings (SSSR count). The van der Waals surface area contributed by atoms with E-state index in [0.29, 0.717) is 12.6 Å². The summed E-state index contributed by atoms with van der Waals surface area (Å²) in [5.41, 5.74) is 0. The molecule has 1 atom stereocenters. The third kappa shape index (κ3) is 2.61. The average molecular weight is 171 g/mol. The molecule has 1 aromatic heterocycles. The second kappa shape index (κ2) is 4.49. The Morgan fingerprint density at radius 1 is 1.73 bits per heavy atom. The minimum absolute atomic E-state index is 0.204. The molecular formula is C8H13NOS. The predicted molar refractivity (Wildman–Crippen MR) is 47.8 cm³/mol. The van der Waals surface area contributed by atoms with Gasteiger partial charge in [-0.25, -0.2) is 0 Å². The van der Waals surface area contributed by atoms with Crippen molar-refractivity contribution in [1.29, 1.82) is 0 Å². The predicted octanol–water partition coefficient (Wildman–Crippen LogP) is 1.39. The van der Waals surface area contributed by atoms with Crippen LogP contribution in [0, 0.1) is 0 Å². The zero-order chi connectivity index (χ0) is 8.10. The summed E-state index contributed by atoms with van der Waals surface area (Å²) in [4.78, 5) is 1.32. The van der Waals surface area contributed by atoms with E-state index in [9.17, 15) is 0 Å². The lowest BCUT2D eigenvalue weighted by Crippen LogP contribution is -2.21. The van der Waals surface area contributed by atoms with Crippen molar-refractivity contribution in [2.75, 3.05) is 13.2 Å². The Hall–Kier alpha value is -0.380. The zero-order valence-electron chi connectivity index (χ0n) is 6.58. The van der Waals surface area contributed by atoms with Crippen molar-refractivity contribution in [3.63, 3.8) is 0 Å². The van der Waals surface area contributed by atoms with Crippen LogP contribution in [0.3, 0.4) is 0 Å². The zero-order valence-corrected chi connectivity index (χ0v) is 7.40. The summed E-state index contributed by atoms with van der Waals surface area (Å²) < 4.78 is 0. The summed E-state index contributed by atoms with van der Waals surface area (Å²) in [6.07, 6.45) is 0. The van der Waals surface area contributed by atoms with E-state index < -0.39 is 0 Å². The van der Waals surface area contributed by atoms with Crippen LogP contribution in [0.5, 0.6) is 0 Å². The number of aliphatic hydroxyl groups excluding tert-OH is 1. The Morgan fingerprint density at radius 3 is 3.09 bits per heavy atom. The van der Waals surface area contributed by atoms with Gasteiger partial charge < -0.3 is 10.4 Å². The largest absolute Gasteiger partial charge is 0.395 e. The molecule has 3 heteroatoms. The van der Waals surface area contributed by atoms with E-state index in [2.05, 4.69) is 23.7 Å². The second-order valence-electron chi connectivity index (χ2n) is 2.41. The van der Waals surface area contributed by atoms with Gasteiger partial charge in [-0.3, -0.25) is 0 Å². The summed E-state index contributed by atoms with van der Waals surface area (Å²) in [6, 6.07) is 4.50. The van der Waals surface area contributed by atoms with E-state index >= 15 is 0 Å². The first-order valence-electron chi connectivity index (χ1n) is 3.72. The highest BCUT2D eigenvalue weighted by Gasteiger charge is 2.03. The number of hydrogen-bond donors (Lipinski definition) is 2. The quantitative estimate of drug-likeness (QED) is 0.717. The van der Waals surface area contributed by atoms with Gasteiger partial charge >= 0.3 is 0 Å². The highest BCUT2D eigenvalue weighted by Crippen LogP contribution is 2.17. The first-order valence-corrected chi connectivity index (χ1v) is 4.60. The minimum Gasteiger partial charge on any atom is -0.395 e. The van der Waals surface area contributed by atoms with Crippen LogP contribution in [0.15, 0.2) is 17.5 Å². The molecule has 0 radical (unpaired) electrons. The van der Waals surface area contributed by atoms with Crippen molar-refractivity contribution in [3.05, 3.63) is 22.4 Å². The summed E-state index contributed by atoms with van der Waals surface area (Å²) in [5, 5.41) is 13.8. The van der Waals surface area contributed by atoms with E-state index in [-0.39, 0.29) is 6.61 Å². The molecule has 1 heterocycles. The summed E-state index contributed by atoms with van der Waals surface area (Å²) in [7, 11) is 0. The van der Waals surface area contributed by atoms with E-state index in [0.717, 1.165) is 0 Å². The topological polar surface area (TPSA) is 32.3 Å². The van der Waals surface area contributed by atoms with Crippen LogP contribution in [-0.4, -0.2) is 18.3 Å². The van der Waals surface area contributed by atoms with Crippen molar-refractivity contribution in [1.82, 2.24) is 5.32 Å². The van der Waals surface area contributed by atoms with E-state index in [4.69, 9.17) is 5.11 Å². The molecule has 2 nitrogen and oxygen atoms in total. The van der Waals surface area contributed by atoms with Crippen molar-refractivity contribution >= 4 is 11.3 Å². The van der Waals surface area contributed by atoms with Gasteiger partial charge in [0.2, 0.25) is 0 Å². The van der Waals surface area contributed by atoms with Gasteiger partial charge in [-0.15, -0.1) is 11.3 Å². The molecule has 1 aromatic rings. The second-order valence-corrected chi connectivity index (χ2v) is 3.39. The van der Waals surface area contributed by atoms with Crippen LogP contribution < -0.4 is 5.32 Å². The van der Waals surface area contributed by atoms with Crippen LogP contribution in [0.25, 0.3) is 0 Å². The van der Waals surface area contributed by atoms with Gasteiger partial charge in [-0.1, -0.05) is 6.07 Å². The number of nitrogens with one attached hydrogen (secondary N) is 1. The molecule has 0 saturated carbocycles. The molecule has 0 bridgehead atoms. The fraction of sp³-hybridized carbons (Fsp3) is 0.500. The Labute approximate surface area is 70.9 Å². The molecule has 0 unspecified atom stereocenters. The maximum absolute atomic E-state index is 8.55. The SMILES string of the molecule is C[C@@H](NCCO)c1cccs1. The monoisotopic (exact) mass is 171 g/mol. The third-order valence-electron chi connectivity index (χ3n) is 1.53. The van der Waals surface area contributed by atoms with Crippen LogP contribution in [0.2, 0.25) is 0 Å². The highest BCUT2D eigenvalue weighted by atomic mass is 32.1. The number of hydrogen-bond acceptors (Lipinski definition) is 3. The van der Waals surface area contributed by atoms with Gasteiger partial charge in [0.15, 0.2) is 0 Å². The van der Waals surface area contributed by atoms with Gasteiger partial charge in [0.05, 0.1) is 6.61 Å². The lowest BCUT2D eigenvalue weighted by molar-refractivity contribution is 0.286. The molecule has 0 spiro atoms. The van der Waals surface area contributed by atoms with Crippen molar-refractivity contribution in [2.24, 2.45) is 0 Å². The Bertz CT molecular complexity index is 186. The van der Waals surface area contributed by atoms with Gasteiger partial charge in [0.25, 0.3) is 0 Å². The summed E-state index contributed by atoms with van der Waals surface area (Å²) >= 11 is 1.74. The maximum atomic E-state index is 8.55. The first kappa shape index (κ1) is 8.71. The smallest absolute Gasteiger partial charge is 0.0556 e. The van der Waals surface area contributed by atoms with Gasteiger partial charge in [-0.2, -0.15) is 0 Å². The Morgan fingerprint density at radius 2 is 2.55 bits per heavy atom. The van der Waals surface area contributed by atoms with Gasteiger partial charge in [-0.05, 0) is 18.4 Å². The molecule has 0 aliphatic rings. The molecule has 0 amide bonds. The highest BCUT2D eigenvalue weighted by molar-refractivity contribution is 7.10. The van der Waals surface area contributed by atoms with Crippen LogP contribution >= 0.6 is 11.3 Å². The molecule has 0 aromatic carbocycles. The molecule has 11 heavy (non-hydrogen) atoms. The van der Waals surface area contributed by atoms with Crippen molar-refractivity contribution in [3.8, 4) is 0 Å². The number of thiophene rings is 1. The molecule has 0 fully saturated rings. The number of aliphatic hydroxyl groups is 1. The fourth-order valence-electron chi connectivity index (χ4n) is 0.919. The van der Waals surface area contributed by atoms with E-state index in [1.165, 1.54) is 4.88 Å². The van der Waals surface area contributed by atoms with Crippen LogP contribution in [0.4, 0.5) is 0 Å². The van der Waals surface area contributed by atoms with Crippen LogP contribution in [-0.2, 0) is 0 Å². The average Bonchev–Trinajstić information content (AvgIpc) is 2.52. The fourth-order valence-corrected chi connectivity index (χ4v) is 1.68. The molecule has 0 saturated heterocycles. The molecule has 2 N–H and O–H groups in total. The molecule has 62 valence electrons. The standard InChI is InChI=1S/C8H13NOS/c1-7(9-4-5-10)8-3-2-6-11-8/h2-3,6-7,9-10H,4-5H2,1H3/t7-/m1/s1. The summed E-state index contributed by atoms with van der Waals surface area (Å²) in [5.74, 6) is 0. The van der Waals surface area contributed by atoms with Gasteiger partial charge in [0.1, 0.15) is 0 Å².